The molecule has 23 heavy (non-hydrogen) atoms. The van der Waals surface area contributed by atoms with Crippen LogP contribution in [0.3, 0.4) is 0 Å². The molecule has 0 fully saturated rings. The molecule has 0 saturated heterocycles. The number of guanidine groups is 1. The van der Waals surface area contributed by atoms with Gasteiger partial charge in [0.2, 0.25) is 0 Å². The fourth-order valence-corrected chi connectivity index (χ4v) is 2.16. The summed E-state index contributed by atoms with van der Waals surface area (Å²) < 4.78 is 0. The van der Waals surface area contributed by atoms with Crippen LogP contribution in [0.2, 0.25) is 0 Å². The molecule has 138 valence electrons. The number of unbranched alkanes of at least 4 members (excludes halogenated alkanes) is 9. The van der Waals surface area contributed by atoms with Crippen molar-refractivity contribution in [3.63, 3.8) is 0 Å². The second-order valence-corrected chi connectivity index (χ2v) is 6.44. The summed E-state index contributed by atoms with van der Waals surface area (Å²) in [4.78, 5) is 13.7. The van der Waals surface area contributed by atoms with E-state index in [1.165, 1.54) is 51.4 Å². The third kappa shape index (κ3) is 20.7. The molecule has 0 atom stereocenters. The molecule has 0 aromatic carbocycles. The van der Waals surface area contributed by atoms with Crippen LogP contribution in [0.25, 0.3) is 0 Å². The molecule has 0 saturated carbocycles. The summed E-state index contributed by atoms with van der Waals surface area (Å²) in [6.45, 7) is 2.24. The van der Waals surface area contributed by atoms with Gasteiger partial charge in [-0.1, -0.05) is 64.7 Å². The number of hydrogen-bond donors (Lipinski definition) is 2. The number of carboxylic acids is 1. The molecule has 0 rings (SSSR count). The second kappa shape index (κ2) is 17.1. The Bertz CT molecular complexity index is 282. The molecule has 0 heterocycles. The second-order valence-electron chi connectivity index (χ2n) is 6.44. The SMILES string of the molecule is CCCCCCCCCCCCC(=O)O.CN(C)C(=N)N(C)C. The van der Waals surface area contributed by atoms with Gasteiger partial charge in [-0.3, -0.25) is 10.2 Å². The van der Waals surface area contributed by atoms with Gasteiger partial charge in [0, 0.05) is 34.6 Å². The first-order valence-corrected chi connectivity index (χ1v) is 8.97. The Labute approximate surface area is 143 Å². The van der Waals surface area contributed by atoms with Gasteiger partial charge < -0.3 is 14.9 Å². The van der Waals surface area contributed by atoms with Gasteiger partial charge in [-0.2, -0.15) is 0 Å². The van der Waals surface area contributed by atoms with Crippen molar-refractivity contribution in [1.82, 2.24) is 9.80 Å². The molecule has 0 spiro atoms. The van der Waals surface area contributed by atoms with Crippen LogP contribution in [0.4, 0.5) is 0 Å². The maximum absolute atomic E-state index is 10.2. The summed E-state index contributed by atoms with van der Waals surface area (Å²) in [5, 5.41) is 15.7. The third-order valence-corrected chi connectivity index (χ3v) is 3.59. The number of carbonyl (C=O) groups is 1. The molecular weight excluding hydrogens is 290 g/mol. The summed E-state index contributed by atoms with van der Waals surface area (Å²) >= 11 is 0. The molecule has 5 nitrogen and oxygen atoms in total. The van der Waals surface area contributed by atoms with Gasteiger partial charge in [0.05, 0.1) is 0 Å². The van der Waals surface area contributed by atoms with E-state index < -0.39 is 5.97 Å². The highest BCUT2D eigenvalue weighted by Gasteiger charge is 1.97. The molecule has 0 aromatic rings. The molecule has 5 heteroatoms. The lowest BCUT2D eigenvalue weighted by Gasteiger charge is -2.19. The van der Waals surface area contributed by atoms with Gasteiger partial charge in [-0.05, 0) is 6.42 Å². The number of carboxylic acid groups (broad SMARTS) is 1. The quantitative estimate of drug-likeness (QED) is 0.334. The van der Waals surface area contributed by atoms with Crippen LogP contribution < -0.4 is 0 Å². The normalized spacial score (nSPS) is 9.78. The highest BCUT2D eigenvalue weighted by Crippen LogP contribution is 2.11. The van der Waals surface area contributed by atoms with Gasteiger partial charge >= 0.3 is 5.97 Å². The van der Waals surface area contributed by atoms with E-state index in [9.17, 15) is 4.79 Å². The molecule has 0 radical (unpaired) electrons. The van der Waals surface area contributed by atoms with Crippen molar-refractivity contribution < 1.29 is 9.90 Å². The van der Waals surface area contributed by atoms with Crippen LogP contribution in [0.15, 0.2) is 0 Å². The Morgan fingerprint density at radius 1 is 0.783 bits per heavy atom. The van der Waals surface area contributed by atoms with E-state index in [2.05, 4.69) is 6.92 Å². The van der Waals surface area contributed by atoms with Gasteiger partial charge in [-0.15, -0.1) is 0 Å². The summed E-state index contributed by atoms with van der Waals surface area (Å²) in [5.74, 6) is -0.139. The van der Waals surface area contributed by atoms with Crippen LogP contribution in [-0.4, -0.2) is 55.0 Å². The third-order valence-electron chi connectivity index (χ3n) is 3.59. The van der Waals surface area contributed by atoms with Crippen molar-refractivity contribution >= 4 is 11.9 Å². The van der Waals surface area contributed by atoms with E-state index in [1.54, 1.807) is 9.80 Å². The molecule has 0 unspecified atom stereocenters. The molecule has 0 bridgehead atoms. The first kappa shape index (κ1) is 24.0. The maximum atomic E-state index is 10.2. The van der Waals surface area contributed by atoms with Crippen LogP contribution in [0.5, 0.6) is 0 Å². The lowest BCUT2D eigenvalue weighted by Crippen LogP contribution is -2.34. The van der Waals surface area contributed by atoms with E-state index in [0.717, 1.165) is 12.8 Å². The standard InChI is InChI=1S/C13H26O2.C5H13N3/c1-2-3-4-5-6-7-8-9-10-11-12-13(14)15;1-7(2)5(6)8(3)4/h2-12H2,1H3,(H,14,15);6H,1-4H3. The lowest BCUT2D eigenvalue weighted by molar-refractivity contribution is -0.137. The number of aliphatic carboxylic acids is 1. The van der Waals surface area contributed by atoms with Crippen LogP contribution in [0.1, 0.15) is 77.6 Å². The monoisotopic (exact) mass is 329 g/mol. The van der Waals surface area contributed by atoms with E-state index in [-0.39, 0.29) is 0 Å². The average Bonchev–Trinajstić information content (AvgIpc) is 2.48. The Kier molecular flexibility index (Phi) is 17.8. The Hall–Kier alpha value is -1.26. The smallest absolute Gasteiger partial charge is 0.303 e. The van der Waals surface area contributed by atoms with Crippen molar-refractivity contribution in [2.45, 2.75) is 77.6 Å². The Morgan fingerprint density at radius 2 is 1.13 bits per heavy atom. The molecule has 0 amide bonds. The van der Waals surface area contributed by atoms with Gasteiger partial charge in [0.15, 0.2) is 5.96 Å². The molecule has 0 aliphatic carbocycles. The predicted molar refractivity (Wildman–Crippen MR) is 99.2 cm³/mol. The van der Waals surface area contributed by atoms with Crippen LogP contribution in [-0.2, 0) is 4.79 Å². The fourth-order valence-electron chi connectivity index (χ4n) is 2.16. The zero-order valence-corrected chi connectivity index (χ0v) is 16.0. The lowest BCUT2D eigenvalue weighted by atomic mass is 10.1. The summed E-state index contributed by atoms with van der Waals surface area (Å²) in [5.41, 5.74) is 0. The predicted octanol–water partition coefficient (Wildman–Crippen LogP) is 4.43. The fraction of sp³-hybridized carbons (Fsp3) is 0.889. The van der Waals surface area contributed by atoms with E-state index >= 15 is 0 Å². The summed E-state index contributed by atoms with van der Waals surface area (Å²) in [6, 6.07) is 0. The minimum Gasteiger partial charge on any atom is -0.481 e. The first-order valence-electron chi connectivity index (χ1n) is 8.97. The van der Waals surface area contributed by atoms with Gasteiger partial charge in [0.25, 0.3) is 0 Å². The maximum Gasteiger partial charge on any atom is 0.303 e. The number of rotatable bonds is 11. The molecule has 0 aliphatic heterocycles. The minimum atomic E-state index is -0.658. The van der Waals surface area contributed by atoms with Crippen molar-refractivity contribution in [1.29, 1.82) is 5.41 Å². The van der Waals surface area contributed by atoms with Crippen molar-refractivity contribution in [3.05, 3.63) is 0 Å². The topological polar surface area (TPSA) is 67.6 Å². The minimum absolute atomic E-state index is 0.344. The van der Waals surface area contributed by atoms with Gasteiger partial charge in [0.1, 0.15) is 0 Å². The van der Waals surface area contributed by atoms with E-state index in [1.807, 2.05) is 28.2 Å². The highest BCUT2D eigenvalue weighted by molar-refractivity contribution is 5.75. The average molecular weight is 330 g/mol. The van der Waals surface area contributed by atoms with E-state index in [0.29, 0.717) is 12.4 Å². The Morgan fingerprint density at radius 3 is 1.39 bits per heavy atom. The summed E-state index contributed by atoms with van der Waals surface area (Å²) in [7, 11) is 7.40. The first-order chi connectivity index (χ1) is 10.8. The van der Waals surface area contributed by atoms with E-state index in [4.69, 9.17) is 10.5 Å². The van der Waals surface area contributed by atoms with Gasteiger partial charge in [-0.25, -0.2) is 0 Å². The van der Waals surface area contributed by atoms with Crippen molar-refractivity contribution in [2.75, 3.05) is 28.2 Å². The number of nitrogens with zero attached hydrogens (tertiary/aromatic N) is 2. The molecular formula is C18H39N3O2. The molecule has 2 N–H and O–H groups in total. The molecule has 0 aliphatic rings. The number of hydrogen-bond acceptors (Lipinski definition) is 2. The largest absolute Gasteiger partial charge is 0.481 e. The molecule has 0 aromatic heterocycles. The summed E-state index contributed by atoms with van der Waals surface area (Å²) in [6.07, 6.45) is 12.9. The van der Waals surface area contributed by atoms with Crippen LogP contribution >= 0.6 is 0 Å². The highest BCUT2D eigenvalue weighted by atomic mass is 16.4. The van der Waals surface area contributed by atoms with Crippen LogP contribution in [0, 0.1) is 5.41 Å². The van der Waals surface area contributed by atoms with Crippen molar-refractivity contribution in [2.24, 2.45) is 0 Å². The Balaban J connectivity index is 0. The zero-order valence-electron chi connectivity index (χ0n) is 16.0. The number of nitrogens with one attached hydrogen (secondary N) is 1. The van der Waals surface area contributed by atoms with Crippen molar-refractivity contribution in [3.8, 4) is 0 Å². The zero-order chi connectivity index (χ0) is 18.1.